The molecule has 4 nitrogen and oxygen atoms in total. The fourth-order valence-corrected chi connectivity index (χ4v) is 1.18. The van der Waals surface area contributed by atoms with Crippen LogP contribution in [0.15, 0.2) is 18.3 Å². The number of rotatable bonds is 5. The van der Waals surface area contributed by atoms with Gasteiger partial charge in [-0.15, -0.1) is 12.3 Å². The van der Waals surface area contributed by atoms with Crippen LogP contribution in [-0.2, 0) is 4.74 Å². The van der Waals surface area contributed by atoms with Crippen molar-refractivity contribution in [3.63, 3.8) is 0 Å². The Bertz CT molecular complexity index is 396. The Morgan fingerprint density at radius 2 is 2.50 bits per heavy atom. The molecule has 0 spiro atoms. The summed E-state index contributed by atoms with van der Waals surface area (Å²) in [5, 5.41) is 3.16. The zero-order valence-electron chi connectivity index (χ0n) is 9.19. The Balaban J connectivity index is 2.54. The van der Waals surface area contributed by atoms with E-state index in [9.17, 15) is 4.79 Å². The molecule has 1 rings (SSSR count). The van der Waals surface area contributed by atoms with E-state index in [1.807, 2.05) is 0 Å². The maximum Gasteiger partial charge on any atom is 0.356 e. The molecule has 0 amide bonds. The number of carbonyl (C=O) groups excluding carboxylic acids is 1. The number of methoxy groups -OCH3 is 1. The molecule has 1 aromatic rings. The first-order chi connectivity index (χ1) is 7.77. The van der Waals surface area contributed by atoms with Crippen LogP contribution in [0.5, 0.6) is 0 Å². The maximum absolute atomic E-state index is 11.2. The average molecular weight is 218 g/mol. The summed E-state index contributed by atoms with van der Waals surface area (Å²) in [5.74, 6) is 2.13. The van der Waals surface area contributed by atoms with E-state index in [-0.39, 0.29) is 0 Å². The lowest BCUT2D eigenvalue weighted by Gasteiger charge is -2.05. The van der Waals surface area contributed by atoms with E-state index in [0.717, 1.165) is 25.1 Å². The minimum Gasteiger partial charge on any atom is -0.464 e. The number of terminal acetylenes is 1. The number of aromatic nitrogens is 1. The van der Waals surface area contributed by atoms with Gasteiger partial charge in [0.25, 0.3) is 0 Å². The molecule has 1 heterocycles. The van der Waals surface area contributed by atoms with Gasteiger partial charge in [-0.25, -0.2) is 9.78 Å². The molecule has 4 heteroatoms. The lowest BCUT2D eigenvalue weighted by molar-refractivity contribution is 0.0594. The lowest BCUT2D eigenvalue weighted by Crippen LogP contribution is -2.06. The third-order valence-electron chi connectivity index (χ3n) is 1.98. The van der Waals surface area contributed by atoms with E-state index < -0.39 is 5.97 Å². The summed E-state index contributed by atoms with van der Waals surface area (Å²) in [6, 6.07) is 3.45. The summed E-state index contributed by atoms with van der Waals surface area (Å²) < 4.78 is 4.58. The monoisotopic (exact) mass is 218 g/mol. The molecule has 84 valence electrons. The van der Waals surface area contributed by atoms with Crippen LogP contribution in [0, 0.1) is 12.3 Å². The van der Waals surface area contributed by atoms with E-state index >= 15 is 0 Å². The predicted molar refractivity (Wildman–Crippen MR) is 62.1 cm³/mol. The second kappa shape index (κ2) is 6.46. The summed E-state index contributed by atoms with van der Waals surface area (Å²) in [6.45, 7) is 0.773. The van der Waals surface area contributed by atoms with Crippen LogP contribution in [0.1, 0.15) is 23.3 Å². The van der Waals surface area contributed by atoms with Crippen LogP contribution in [0.25, 0.3) is 0 Å². The van der Waals surface area contributed by atoms with Gasteiger partial charge in [-0.05, 0) is 18.6 Å². The number of hydrogen-bond acceptors (Lipinski definition) is 4. The number of nitrogens with one attached hydrogen (secondary N) is 1. The second-order valence-corrected chi connectivity index (χ2v) is 3.16. The second-order valence-electron chi connectivity index (χ2n) is 3.16. The van der Waals surface area contributed by atoms with Gasteiger partial charge in [0.05, 0.1) is 7.11 Å². The number of pyridine rings is 1. The summed E-state index contributed by atoms with van der Waals surface area (Å²) in [6.07, 6.45) is 8.34. The Morgan fingerprint density at radius 3 is 3.19 bits per heavy atom. The van der Waals surface area contributed by atoms with Gasteiger partial charge in [-0.2, -0.15) is 0 Å². The van der Waals surface area contributed by atoms with Crippen molar-refractivity contribution in [3.05, 3.63) is 24.0 Å². The highest BCUT2D eigenvalue weighted by Gasteiger charge is 2.06. The molecular weight excluding hydrogens is 204 g/mol. The summed E-state index contributed by atoms with van der Waals surface area (Å²) >= 11 is 0. The first-order valence-electron chi connectivity index (χ1n) is 4.99. The third-order valence-corrected chi connectivity index (χ3v) is 1.98. The van der Waals surface area contributed by atoms with Crippen LogP contribution in [0.2, 0.25) is 0 Å². The number of carbonyl (C=O) groups is 1. The quantitative estimate of drug-likeness (QED) is 0.464. The van der Waals surface area contributed by atoms with Crippen molar-refractivity contribution >= 4 is 11.7 Å². The molecule has 16 heavy (non-hydrogen) atoms. The predicted octanol–water partition coefficient (Wildman–Crippen LogP) is 1.69. The first kappa shape index (κ1) is 12.1. The Morgan fingerprint density at radius 1 is 1.69 bits per heavy atom. The minimum atomic E-state index is -0.438. The number of ether oxygens (including phenoxy) is 1. The van der Waals surface area contributed by atoms with Crippen molar-refractivity contribution in [3.8, 4) is 12.3 Å². The smallest absolute Gasteiger partial charge is 0.356 e. The molecule has 1 aromatic heterocycles. The fourth-order valence-electron chi connectivity index (χ4n) is 1.18. The van der Waals surface area contributed by atoms with Crippen LogP contribution in [0.4, 0.5) is 5.69 Å². The Hall–Kier alpha value is -2.02. The van der Waals surface area contributed by atoms with Crippen LogP contribution >= 0.6 is 0 Å². The van der Waals surface area contributed by atoms with Crippen LogP contribution in [-0.4, -0.2) is 24.6 Å². The molecular formula is C12H14N2O2. The molecule has 0 aromatic carbocycles. The van der Waals surface area contributed by atoms with E-state index in [1.165, 1.54) is 7.11 Å². The van der Waals surface area contributed by atoms with Gasteiger partial charge in [-0.1, -0.05) is 0 Å². The zero-order chi connectivity index (χ0) is 11.8. The maximum atomic E-state index is 11.2. The van der Waals surface area contributed by atoms with Crippen molar-refractivity contribution in [2.45, 2.75) is 12.8 Å². The van der Waals surface area contributed by atoms with Gasteiger partial charge in [0.15, 0.2) is 0 Å². The van der Waals surface area contributed by atoms with Crippen molar-refractivity contribution in [2.75, 3.05) is 19.0 Å². The number of anilines is 1. The molecule has 0 aliphatic rings. The van der Waals surface area contributed by atoms with Crippen molar-refractivity contribution in [2.24, 2.45) is 0 Å². The molecule has 0 bridgehead atoms. The SMILES string of the molecule is C#CCCCNc1ccnc(C(=O)OC)c1. The highest BCUT2D eigenvalue weighted by Crippen LogP contribution is 2.08. The number of hydrogen-bond donors (Lipinski definition) is 1. The van der Waals surface area contributed by atoms with E-state index in [4.69, 9.17) is 6.42 Å². The molecule has 1 N–H and O–H groups in total. The van der Waals surface area contributed by atoms with Gasteiger partial charge < -0.3 is 10.1 Å². The normalized spacial score (nSPS) is 9.25. The lowest BCUT2D eigenvalue weighted by atomic mass is 10.3. The van der Waals surface area contributed by atoms with Gasteiger partial charge in [-0.3, -0.25) is 0 Å². The summed E-state index contributed by atoms with van der Waals surface area (Å²) in [4.78, 5) is 15.1. The molecule has 0 saturated heterocycles. The Labute approximate surface area is 95.0 Å². The molecule has 0 radical (unpaired) electrons. The van der Waals surface area contributed by atoms with Crippen molar-refractivity contribution < 1.29 is 9.53 Å². The summed E-state index contributed by atoms with van der Waals surface area (Å²) in [5.41, 5.74) is 1.14. The molecule has 0 aliphatic heterocycles. The highest BCUT2D eigenvalue weighted by molar-refractivity contribution is 5.88. The van der Waals surface area contributed by atoms with Crippen LogP contribution in [0.3, 0.4) is 0 Å². The standard InChI is InChI=1S/C12H14N2O2/c1-3-4-5-7-13-10-6-8-14-11(9-10)12(15)16-2/h1,6,8-9H,4-5,7H2,2H3,(H,13,14). The van der Waals surface area contributed by atoms with Gasteiger partial charge >= 0.3 is 5.97 Å². The van der Waals surface area contributed by atoms with Gasteiger partial charge in [0, 0.05) is 24.8 Å². The van der Waals surface area contributed by atoms with E-state index in [0.29, 0.717) is 5.69 Å². The zero-order valence-corrected chi connectivity index (χ0v) is 9.19. The van der Waals surface area contributed by atoms with Crippen LogP contribution < -0.4 is 5.32 Å². The number of esters is 1. The van der Waals surface area contributed by atoms with Crippen molar-refractivity contribution in [1.82, 2.24) is 4.98 Å². The average Bonchev–Trinajstić information content (AvgIpc) is 2.34. The van der Waals surface area contributed by atoms with E-state index in [2.05, 4.69) is 21.0 Å². The third kappa shape index (κ3) is 3.62. The fraction of sp³-hybridized carbons (Fsp3) is 0.333. The summed E-state index contributed by atoms with van der Waals surface area (Å²) in [7, 11) is 1.33. The molecule has 0 atom stereocenters. The largest absolute Gasteiger partial charge is 0.464 e. The Kier molecular flexibility index (Phi) is 4.87. The van der Waals surface area contributed by atoms with Gasteiger partial charge in [0.2, 0.25) is 0 Å². The molecule has 0 unspecified atom stereocenters. The minimum absolute atomic E-state index is 0.296. The number of nitrogens with zero attached hydrogens (tertiary/aromatic N) is 1. The van der Waals surface area contributed by atoms with Gasteiger partial charge in [0.1, 0.15) is 5.69 Å². The highest BCUT2D eigenvalue weighted by atomic mass is 16.5. The van der Waals surface area contributed by atoms with E-state index in [1.54, 1.807) is 18.3 Å². The first-order valence-corrected chi connectivity index (χ1v) is 4.99. The molecule has 0 aliphatic carbocycles. The molecule has 0 fully saturated rings. The van der Waals surface area contributed by atoms with Crippen molar-refractivity contribution in [1.29, 1.82) is 0 Å². The topological polar surface area (TPSA) is 51.2 Å². The molecule has 0 saturated carbocycles. The number of unbranched alkanes of at least 4 members (excludes halogenated alkanes) is 1.